The van der Waals surface area contributed by atoms with Gasteiger partial charge in [-0.1, -0.05) is 30.3 Å². The number of hydrogen-bond donors (Lipinski definition) is 0. The molecule has 126 valence electrons. The molecule has 1 aliphatic heterocycles. The van der Waals surface area contributed by atoms with Crippen LogP contribution < -0.4 is 0 Å². The Hall–Kier alpha value is -2.04. The van der Waals surface area contributed by atoms with Crippen LogP contribution in [0.3, 0.4) is 0 Å². The van der Waals surface area contributed by atoms with Crippen LogP contribution in [0.1, 0.15) is 45.6 Å². The fourth-order valence-electron chi connectivity index (χ4n) is 3.11. The molecule has 1 saturated heterocycles. The minimum Gasteiger partial charge on any atom is -0.469 e. The van der Waals surface area contributed by atoms with Crippen molar-refractivity contribution in [2.24, 2.45) is 0 Å². The van der Waals surface area contributed by atoms with Crippen molar-refractivity contribution in [1.29, 1.82) is 0 Å². The molecule has 5 heteroatoms. The zero-order valence-electron chi connectivity index (χ0n) is 14.3. The highest BCUT2D eigenvalue weighted by Crippen LogP contribution is 2.42. The zero-order valence-corrected chi connectivity index (χ0v) is 14.3. The molecule has 0 bridgehead atoms. The number of benzene rings is 1. The monoisotopic (exact) mass is 319 g/mol. The Morgan fingerprint density at radius 1 is 1.22 bits per heavy atom. The number of methoxy groups -OCH3 is 1. The predicted octanol–water partition coefficient (Wildman–Crippen LogP) is 3.48. The van der Waals surface area contributed by atoms with E-state index in [1.165, 1.54) is 7.11 Å². The summed E-state index contributed by atoms with van der Waals surface area (Å²) in [5, 5.41) is 0. The van der Waals surface area contributed by atoms with Crippen molar-refractivity contribution in [3.8, 4) is 0 Å². The number of carbonyl (C=O) groups excluding carboxylic acids is 2. The van der Waals surface area contributed by atoms with E-state index in [-0.39, 0.29) is 18.5 Å². The van der Waals surface area contributed by atoms with Gasteiger partial charge in [-0.3, -0.25) is 9.69 Å². The van der Waals surface area contributed by atoms with Crippen LogP contribution in [0.5, 0.6) is 0 Å². The third-order valence-electron chi connectivity index (χ3n) is 4.08. The van der Waals surface area contributed by atoms with Gasteiger partial charge in [0.2, 0.25) is 0 Å². The molecule has 1 aromatic rings. The number of esters is 1. The molecule has 2 rings (SSSR count). The van der Waals surface area contributed by atoms with Gasteiger partial charge in [-0.05, 0) is 39.2 Å². The second-order valence-electron chi connectivity index (χ2n) is 6.89. The highest BCUT2D eigenvalue weighted by Gasteiger charge is 2.48. The van der Waals surface area contributed by atoms with Crippen LogP contribution in [0.4, 0.5) is 4.79 Å². The average molecular weight is 319 g/mol. The van der Waals surface area contributed by atoms with E-state index in [1.807, 2.05) is 51.1 Å². The van der Waals surface area contributed by atoms with Crippen LogP contribution in [0.25, 0.3) is 0 Å². The molecule has 0 N–H and O–H groups in total. The van der Waals surface area contributed by atoms with E-state index >= 15 is 0 Å². The Bertz CT molecular complexity index is 564. The highest BCUT2D eigenvalue weighted by molar-refractivity contribution is 5.75. The molecule has 1 heterocycles. The van der Waals surface area contributed by atoms with E-state index in [9.17, 15) is 9.59 Å². The summed E-state index contributed by atoms with van der Waals surface area (Å²) in [5.41, 5.74) is -0.335. The number of carbonyl (C=O) groups is 2. The van der Waals surface area contributed by atoms with Gasteiger partial charge in [0.05, 0.1) is 19.1 Å². The van der Waals surface area contributed by atoms with Gasteiger partial charge in [0.25, 0.3) is 0 Å². The summed E-state index contributed by atoms with van der Waals surface area (Å²) in [7, 11) is 1.37. The van der Waals surface area contributed by atoms with E-state index in [0.717, 1.165) is 12.0 Å². The molecule has 1 aliphatic rings. The molecule has 0 aromatic heterocycles. The Morgan fingerprint density at radius 2 is 1.87 bits per heavy atom. The normalized spacial score (nSPS) is 21.1. The first-order valence-electron chi connectivity index (χ1n) is 7.91. The van der Waals surface area contributed by atoms with Crippen LogP contribution in [0.15, 0.2) is 30.3 Å². The van der Waals surface area contributed by atoms with Gasteiger partial charge in [0.1, 0.15) is 5.60 Å². The molecule has 23 heavy (non-hydrogen) atoms. The topological polar surface area (TPSA) is 55.8 Å². The van der Waals surface area contributed by atoms with Crippen molar-refractivity contribution in [1.82, 2.24) is 4.90 Å². The zero-order chi connectivity index (χ0) is 17.1. The maximum Gasteiger partial charge on any atom is 0.411 e. The molecule has 0 spiro atoms. The molecule has 0 radical (unpaired) electrons. The molecule has 1 fully saturated rings. The van der Waals surface area contributed by atoms with Crippen molar-refractivity contribution < 1.29 is 19.1 Å². The standard InChI is InChI=1S/C18H25NO4/c1-17(2,3)23-16(21)19-12-8-11-18(19,13-15(20)22-4)14-9-6-5-7-10-14/h5-7,9-10H,8,11-13H2,1-4H3/t18-/m0/s1. The maximum absolute atomic E-state index is 12.7. The molecular weight excluding hydrogens is 294 g/mol. The molecule has 0 unspecified atom stereocenters. The number of amides is 1. The Labute approximate surface area is 137 Å². The summed E-state index contributed by atoms with van der Waals surface area (Å²) < 4.78 is 10.4. The number of nitrogens with zero attached hydrogens (tertiary/aromatic N) is 1. The number of hydrogen-bond acceptors (Lipinski definition) is 4. The van der Waals surface area contributed by atoms with Gasteiger partial charge in [0.15, 0.2) is 0 Å². The van der Waals surface area contributed by atoms with Gasteiger partial charge in [-0.2, -0.15) is 0 Å². The van der Waals surface area contributed by atoms with Crippen LogP contribution in [-0.4, -0.2) is 36.2 Å². The number of ether oxygens (including phenoxy) is 2. The molecule has 0 saturated carbocycles. The summed E-state index contributed by atoms with van der Waals surface area (Å²) in [6.07, 6.45) is 1.28. The quantitative estimate of drug-likeness (QED) is 0.800. The molecule has 0 aliphatic carbocycles. The lowest BCUT2D eigenvalue weighted by molar-refractivity contribution is -0.143. The first-order valence-corrected chi connectivity index (χ1v) is 7.91. The lowest BCUT2D eigenvalue weighted by atomic mass is 9.84. The average Bonchev–Trinajstić information content (AvgIpc) is 2.91. The van der Waals surface area contributed by atoms with E-state index in [4.69, 9.17) is 9.47 Å². The smallest absolute Gasteiger partial charge is 0.411 e. The van der Waals surface area contributed by atoms with Gasteiger partial charge in [0, 0.05) is 6.54 Å². The Kier molecular flexibility index (Phi) is 4.97. The summed E-state index contributed by atoms with van der Waals surface area (Å²) in [5.74, 6) is -0.329. The maximum atomic E-state index is 12.7. The van der Waals surface area contributed by atoms with Crippen LogP contribution in [0, 0.1) is 0 Å². The second kappa shape index (κ2) is 6.60. The fourth-order valence-corrected chi connectivity index (χ4v) is 3.11. The van der Waals surface area contributed by atoms with E-state index in [0.29, 0.717) is 13.0 Å². The van der Waals surface area contributed by atoms with Crippen LogP contribution >= 0.6 is 0 Å². The highest BCUT2D eigenvalue weighted by atomic mass is 16.6. The molecular formula is C18H25NO4. The van der Waals surface area contributed by atoms with Crippen molar-refractivity contribution in [2.75, 3.05) is 13.7 Å². The van der Waals surface area contributed by atoms with Gasteiger partial charge in [-0.15, -0.1) is 0 Å². The first-order chi connectivity index (χ1) is 10.8. The largest absolute Gasteiger partial charge is 0.469 e. The molecule has 5 nitrogen and oxygen atoms in total. The van der Waals surface area contributed by atoms with Gasteiger partial charge < -0.3 is 9.47 Å². The fraction of sp³-hybridized carbons (Fsp3) is 0.556. The van der Waals surface area contributed by atoms with Crippen molar-refractivity contribution in [3.63, 3.8) is 0 Å². The lowest BCUT2D eigenvalue weighted by Gasteiger charge is -2.39. The summed E-state index contributed by atoms with van der Waals surface area (Å²) in [6, 6.07) is 9.65. The van der Waals surface area contributed by atoms with E-state index in [1.54, 1.807) is 4.90 Å². The Morgan fingerprint density at radius 3 is 2.43 bits per heavy atom. The third kappa shape index (κ3) is 3.84. The van der Waals surface area contributed by atoms with Gasteiger partial charge in [-0.25, -0.2) is 4.79 Å². The predicted molar refractivity (Wildman–Crippen MR) is 86.9 cm³/mol. The van der Waals surface area contributed by atoms with Crippen molar-refractivity contribution >= 4 is 12.1 Å². The number of rotatable bonds is 3. The summed E-state index contributed by atoms with van der Waals surface area (Å²) in [4.78, 5) is 26.4. The summed E-state index contributed by atoms with van der Waals surface area (Å²) >= 11 is 0. The van der Waals surface area contributed by atoms with Crippen LogP contribution in [-0.2, 0) is 19.8 Å². The minimum absolute atomic E-state index is 0.132. The van der Waals surface area contributed by atoms with Crippen molar-refractivity contribution in [2.45, 2.75) is 51.2 Å². The molecule has 1 atom stereocenters. The molecule has 1 aromatic carbocycles. The summed E-state index contributed by atoms with van der Waals surface area (Å²) in [6.45, 7) is 6.09. The lowest BCUT2D eigenvalue weighted by Crippen LogP contribution is -2.48. The molecule has 1 amide bonds. The van der Waals surface area contributed by atoms with Crippen molar-refractivity contribution in [3.05, 3.63) is 35.9 Å². The van der Waals surface area contributed by atoms with E-state index < -0.39 is 11.1 Å². The third-order valence-corrected chi connectivity index (χ3v) is 4.08. The number of likely N-dealkylation sites (tertiary alicyclic amines) is 1. The SMILES string of the molecule is COC(=O)C[C@]1(c2ccccc2)CCCN1C(=O)OC(C)(C)C. The minimum atomic E-state index is -0.698. The van der Waals surface area contributed by atoms with E-state index in [2.05, 4.69) is 0 Å². The Balaban J connectivity index is 2.39. The second-order valence-corrected chi connectivity index (χ2v) is 6.89. The van der Waals surface area contributed by atoms with Gasteiger partial charge >= 0.3 is 12.1 Å². The van der Waals surface area contributed by atoms with Crippen LogP contribution in [0.2, 0.25) is 0 Å². The first kappa shape index (κ1) is 17.3.